The van der Waals surface area contributed by atoms with Gasteiger partial charge in [-0.15, -0.1) is 0 Å². The Hall–Kier alpha value is -3.90. The van der Waals surface area contributed by atoms with Crippen LogP contribution in [0.1, 0.15) is 26.6 Å². The van der Waals surface area contributed by atoms with Crippen molar-refractivity contribution in [2.24, 2.45) is 0 Å². The van der Waals surface area contributed by atoms with E-state index in [4.69, 9.17) is 13.8 Å². The van der Waals surface area contributed by atoms with Crippen LogP contribution in [0.2, 0.25) is 0 Å². The number of ketones is 1. The van der Waals surface area contributed by atoms with Gasteiger partial charge in [0.25, 0.3) is 0 Å². The molecule has 0 fully saturated rings. The van der Waals surface area contributed by atoms with Crippen molar-refractivity contribution in [2.75, 3.05) is 4.90 Å². The zero-order chi connectivity index (χ0) is 21.8. The van der Waals surface area contributed by atoms with E-state index < -0.39 is 0 Å². The molecule has 2 aromatic carbocycles. The smallest absolute Gasteiger partial charge is 0.205 e. The zero-order valence-corrected chi connectivity index (χ0v) is 18.0. The van der Waals surface area contributed by atoms with Crippen LogP contribution in [0.5, 0.6) is 0 Å². The van der Waals surface area contributed by atoms with Crippen LogP contribution in [-0.4, -0.2) is 10.8 Å². The Balaban J connectivity index is 1.57. The molecule has 6 heteroatoms. The quantitative estimate of drug-likeness (QED) is 0.260. The highest BCUT2D eigenvalue weighted by molar-refractivity contribution is 7.18. The van der Waals surface area contributed by atoms with Crippen molar-refractivity contribution in [3.05, 3.63) is 119 Å². The van der Waals surface area contributed by atoms with Gasteiger partial charge >= 0.3 is 0 Å². The molecule has 3 aromatic heterocycles. The highest BCUT2D eigenvalue weighted by Gasteiger charge is 2.25. The summed E-state index contributed by atoms with van der Waals surface area (Å²) in [6, 6.07) is 26.9. The molecule has 0 aliphatic carbocycles. The maximum Gasteiger partial charge on any atom is 0.205 e. The van der Waals surface area contributed by atoms with Crippen LogP contribution in [-0.2, 0) is 13.1 Å². The van der Waals surface area contributed by atoms with Crippen LogP contribution < -0.4 is 4.90 Å². The zero-order valence-electron chi connectivity index (χ0n) is 17.2. The molecule has 0 unspecified atom stereocenters. The Bertz CT molecular complexity index is 1280. The lowest BCUT2D eigenvalue weighted by molar-refractivity contribution is 0.104. The summed E-state index contributed by atoms with van der Waals surface area (Å²) in [4.78, 5) is 20.9. The molecule has 3 heterocycles. The maximum absolute atomic E-state index is 13.4. The molecule has 0 amide bonds. The fourth-order valence-corrected chi connectivity index (χ4v) is 4.52. The molecule has 0 atom stereocenters. The lowest BCUT2D eigenvalue weighted by atomic mass is 10.1. The Morgan fingerprint density at radius 3 is 2.22 bits per heavy atom. The average molecular weight is 441 g/mol. The van der Waals surface area contributed by atoms with Crippen LogP contribution >= 0.6 is 11.3 Å². The molecule has 0 radical (unpaired) electrons. The van der Waals surface area contributed by atoms with E-state index in [1.54, 1.807) is 18.6 Å². The topological polar surface area (TPSA) is 59.5 Å². The highest BCUT2D eigenvalue weighted by atomic mass is 32.1. The number of hydrogen-bond acceptors (Lipinski definition) is 6. The molecule has 0 saturated heterocycles. The SMILES string of the molecule is O=C(c1ccccc1)c1sc(N(Cc2ccccc2)Cc2ccco2)nc1-c1ccco1. The molecular formula is C26H20N2O3S. The van der Waals surface area contributed by atoms with Gasteiger partial charge < -0.3 is 13.7 Å². The Morgan fingerprint density at radius 2 is 1.53 bits per heavy atom. The summed E-state index contributed by atoms with van der Waals surface area (Å²) < 4.78 is 11.2. The van der Waals surface area contributed by atoms with Crippen molar-refractivity contribution >= 4 is 22.3 Å². The Morgan fingerprint density at radius 1 is 0.812 bits per heavy atom. The summed E-state index contributed by atoms with van der Waals surface area (Å²) >= 11 is 1.37. The second-order valence-corrected chi connectivity index (χ2v) is 8.25. The lowest BCUT2D eigenvalue weighted by Crippen LogP contribution is -2.21. The largest absolute Gasteiger partial charge is 0.467 e. The van der Waals surface area contributed by atoms with E-state index in [0.717, 1.165) is 16.5 Å². The van der Waals surface area contributed by atoms with Gasteiger partial charge in [0.1, 0.15) is 16.3 Å². The molecule has 0 aliphatic heterocycles. The molecule has 0 aliphatic rings. The maximum atomic E-state index is 13.4. The molecule has 0 bridgehead atoms. The van der Waals surface area contributed by atoms with Gasteiger partial charge in [-0.05, 0) is 29.8 Å². The summed E-state index contributed by atoms with van der Waals surface area (Å²) in [6.45, 7) is 1.16. The fraction of sp³-hybridized carbons (Fsp3) is 0.0769. The predicted octanol–water partition coefficient (Wildman–Crippen LogP) is 6.43. The number of thiazole rings is 1. The number of carbonyl (C=O) groups is 1. The second-order valence-electron chi connectivity index (χ2n) is 7.27. The number of benzene rings is 2. The van der Waals surface area contributed by atoms with E-state index in [1.165, 1.54) is 11.3 Å². The predicted molar refractivity (Wildman–Crippen MR) is 125 cm³/mol. The van der Waals surface area contributed by atoms with Crippen molar-refractivity contribution in [1.29, 1.82) is 0 Å². The minimum absolute atomic E-state index is 0.0709. The van der Waals surface area contributed by atoms with Crippen molar-refractivity contribution in [3.63, 3.8) is 0 Å². The first-order valence-corrected chi connectivity index (χ1v) is 11.1. The number of furan rings is 2. The van der Waals surface area contributed by atoms with E-state index in [-0.39, 0.29) is 5.78 Å². The van der Waals surface area contributed by atoms with Gasteiger partial charge in [-0.1, -0.05) is 72.0 Å². The van der Waals surface area contributed by atoms with Crippen molar-refractivity contribution in [1.82, 2.24) is 4.98 Å². The summed E-state index contributed by atoms with van der Waals surface area (Å²) in [7, 11) is 0. The third-order valence-electron chi connectivity index (χ3n) is 5.03. The number of hydrogen-bond donors (Lipinski definition) is 0. The molecule has 5 aromatic rings. The molecule has 158 valence electrons. The molecule has 5 nitrogen and oxygen atoms in total. The van der Waals surface area contributed by atoms with Gasteiger partial charge in [-0.2, -0.15) is 0 Å². The number of rotatable bonds is 8. The van der Waals surface area contributed by atoms with Gasteiger partial charge in [-0.25, -0.2) is 4.98 Å². The molecule has 0 saturated carbocycles. The summed E-state index contributed by atoms with van der Waals surface area (Å²) in [5.41, 5.74) is 2.32. The third kappa shape index (κ3) is 4.26. The van der Waals surface area contributed by atoms with Gasteiger partial charge in [-0.3, -0.25) is 4.79 Å². The average Bonchev–Trinajstić information content (AvgIpc) is 3.61. The summed E-state index contributed by atoms with van der Waals surface area (Å²) in [5, 5.41) is 0.732. The van der Waals surface area contributed by atoms with E-state index in [2.05, 4.69) is 17.0 Å². The van der Waals surface area contributed by atoms with Crippen molar-refractivity contribution in [3.8, 4) is 11.5 Å². The Kier molecular flexibility index (Phi) is 5.68. The minimum Gasteiger partial charge on any atom is -0.467 e. The van der Waals surface area contributed by atoms with Gasteiger partial charge in [0.05, 0.1) is 19.1 Å². The number of carbonyl (C=O) groups excluding carboxylic acids is 1. The normalized spacial score (nSPS) is 10.9. The Labute approximate surface area is 189 Å². The van der Waals surface area contributed by atoms with Crippen LogP contribution in [0.4, 0.5) is 5.13 Å². The minimum atomic E-state index is -0.0709. The van der Waals surface area contributed by atoms with E-state index >= 15 is 0 Å². The van der Waals surface area contributed by atoms with Crippen LogP contribution in [0.3, 0.4) is 0 Å². The van der Waals surface area contributed by atoms with Gasteiger partial charge in [0, 0.05) is 12.1 Å². The molecule has 0 spiro atoms. The molecular weight excluding hydrogens is 420 g/mol. The second kappa shape index (κ2) is 9.08. The van der Waals surface area contributed by atoms with Crippen LogP contribution in [0.15, 0.2) is 106 Å². The number of anilines is 1. The first kappa shape index (κ1) is 20.0. The summed E-state index contributed by atoms with van der Waals surface area (Å²) in [5.74, 6) is 1.33. The first-order valence-electron chi connectivity index (χ1n) is 10.2. The molecule has 5 rings (SSSR count). The van der Waals surface area contributed by atoms with E-state index in [9.17, 15) is 4.79 Å². The lowest BCUT2D eigenvalue weighted by Gasteiger charge is -2.20. The number of aromatic nitrogens is 1. The number of nitrogens with zero attached hydrogens (tertiary/aromatic N) is 2. The van der Waals surface area contributed by atoms with Crippen molar-refractivity contribution < 1.29 is 13.6 Å². The fourth-order valence-electron chi connectivity index (χ4n) is 3.48. The van der Waals surface area contributed by atoms with Crippen LogP contribution in [0, 0.1) is 0 Å². The molecule has 32 heavy (non-hydrogen) atoms. The van der Waals surface area contributed by atoms with E-state index in [0.29, 0.717) is 35.0 Å². The first-order chi connectivity index (χ1) is 15.8. The van der Waals surface area contributed by atoms with E-state index in [1.807, 2.05) is 66.7 Å². The molecule has 0 N–H and O–H groups in total. The van der Waals surface area contributed by atoms with Crippen molar-refractivity contribution in [2.45, 2.75) is 13.1 Å². The highest BCUT2D eigenvalue weighted by Crippen LogP contribution is 2.36. The monoisotopic (exact) mass is 440 g/mol. The van der Waals surface area contributed by atoms with Gasteiger partial charge in [0.2, 0.25) is 5.78 Å². The third-order valence-corrected chi connectivity index (χ3v) is 6.14. The standard InChI is InChI=1S/C26H20N2O3S/c29-24(20-11-5-2-6-12-20)25-23(22-14-8-16-31-22)27-26(32-25)28(18-21-13-7-15-30-21)17-19-9-3-1-4-10-19/h1-16H,17-18H2. The van der Waals surface area contributed by atoms with Crippen LogP contribution in [0.25, 0.3) is 11.5 Å². The summed E-state index contributed by atoms with van der Waals surface area (Å²) in [6.07, 6.45) is 3.26. The van der Waals surface area contributed by atoms with Gasteiger partial charge in [0.15, 0.2) is 10.9 Å².